The first-order valence-corrected chi connectivity index (χ1v) is 8.70. The maximum absolute atomic E-state index is 12.3. The van der Waals surface area contributed by atoms with Crippen molar-refractivity contribution in [1.82, 2.24) is 0 Å². The molecule has 0 fully saturated rings. The Morgan fingerprint density at radius 1 is 1.04 bits per heavy atom. The molecule has 8 heteroatoms. The van der Waals surface area contributed by atoms with Crippen molar-refractivity contribution in [2.75, 3.05) is 13.1 Å². The third-order valence-corrected chi connectivity index (χ3v) is 4.18. The van der Waals surface area contributed by atoms with Crippen molar-refractivity contribution in [3.8, 4) is 22.6 Å². The lowest BCUT2D eigenvalue weighted by Crippen LogP contribution is -2.10. The number of benzene rings is 2. The third kappa shape index (κ3) is 3.63. The van der Waals surface area contributed by atoms with Gasteiger partial charge in [0.05, 0.1) is 12.7 Å². The second-order valence-electron chi connectivity index (χ2n) is 5.13. The van der Waals surface area contributed by atoms with E-state index >= 15 is 0 Å². The van der Waals surface area contributed by atoms with E-state index in [1.807, 2.05) is 0 Å². The van der Waals surface area contributed by atoms with E-state index in [4.69, 9.17) is 9.15 Å². The fraction of sp³-hybridized carbons (Fsp3) is 0.118. The summed E-state index contributed by atoms with van der Waals surface area (Å²) in [5.74, 6) is 0.523. The molecular weight excluding hydrogens is 351 g/mol. The topological polar surface area (TPSA) is 82.8 Å². The highest BCUT2D eigenvalue weighted by Gasteiger charge is 2.14. The van der Waals surface area contributed by atoms with Crippen LogP contribution in [-0.4, -0.2) is 21.5 Å². The molecule has 1 heterocycles. The summed E-state index contributed by atoms with van der Waals surface area (Å²) in [4.78, 5) is 12.2. The molecule has 0 bridgehead atoms. The molecule has 130 valence electrons. The summed E-state index contributed by atoms with van der Waals surface area (Å²) in [6.45, 7) is 0. The number of methoxy groups -OCH3 is 1. The Labute approximate surface area is 142 Å². The van der Waals surface area contributed by atoms with Crippen molar-refractivity contribution in [2.24, 2.45) is 0 Å². The van der Waals surface area contributed by atoms with Gasteiger partial charge in [0.25, 0.3) is 0 Å². The number of hydrogen-bond donors (Lipinski definition) is 0. The van der Waals surface area contributed by atoms with Gasteiger partial charge in [-0.15, -0.1) is 0 Å². The number of halogens is 1. The van der Waals surface area contributed by atoms with Crippen molar-refractivity contribution in [3.63, 3.8) is 0 Å². The first kappa shape index (κ1) is 17.0. The van der Waals surface area contributed by atoms with Crippen molar-refractivity contribution in [2.45, 2.75) is 0 Å². The molecule has 0 aliphatic heterocycles. The average molecular weight is 364 g/mol. The summed E-state index contributed by atoms with van der Waals surface area (Å²) >= 11 is 0. The molecule has 0 radical (unpaired) electrons. The number of rotatable bonds is 5. The van der Waals surface area contributed by atoms with Gasteiger partial charge in [-0.3, -0.25) is 0 Å². The van der Waals surface area contributed by atoms with Gasteiger partial charge in [0, 0.05) is 11.5 Å². The van der Waals surface area contributed by atoms with Crippen LogP contribution in [0.4, 0.5) is 4.39 Å². The summed E-state index contributed by atoms with van der Waals surface area (Å²) in [6, 6.07) is 11.0. The molecule has 0 N–H and O–H groups in total. The van der Waals surface area contributed by atoms with E-state index < -0.39 is 21.8 Å². The molecule has 1 aromatic heterocycles. The normalized spacial score (nSPS) is 11.4. The lowest BCUT2D eigenvalue weighted by atomic mass is 10.1. The minimum absolute atomic E-state index is 0.133. The molecule has 0 saturated heterocycles. The molecule has 0 unspecified atom stereocenters. The molecule has 6 nitrogen and oxygen atoms in total. The Morgan fingerprint density at radius 3 is 2.36 bits per heavy atom. The number of ether oxygens (including phenoxy) is 1. The van der Waals surface area contributed by atoms with E-state index in [-0.39, 0.29) is 11.3 Å². The van der Waals surface area contributed by atoms with E-state index in [0.717, 1.165) is 0 Å². The zero-order chi connectivity index (χ0) is 18.0. The lowest BCUT2D eigenvalue weighted by molar-refractivity contribution is 0.415. The van der Waals surface area contributed by atoms with Gasteiger partial charge >= 0.3 is 15.7 Å². The monoisotopic (exact) mass is 364 g/mol. The van der Waals surface area contributed by atoms with Crippen LogP contribution in [0.15, 0.2) is 57.7 Å². The number of alkyl halides is 1. The molecular formula is C17H13FO6S. The van der Waals surface area contributed by atoms with Gasteiger partial charge in [0.2, 0.25) is 6.01 Å². The highest BCUT2D eigenvalue weighted by molar-refractivity contribution is 7.86. The molecule has 0 saturated carbocycles. The SMILES string of the molecule is COc1ccc(-c2cc3ccc(OS(=O)(=O)CF)cc3oc2=O)cc1. The predicted molar refractivity (Wildman–Crippen MR) is 90.0 cm³/mol. The summed E-state index contributed by atoms with van der Waals surface area (Å²) < 4.78 is 49.5. The van der Waals surface area contributed by atoms with Crippen LogP contribution in [-0.2, 0) is 10.1 Å². The van der Waals surface area contributed by atoms with Crippen LogP contribution < -0.4 is 14.5 Å². The summed E-state index contributed by atoms with van der Waals surface area (Å²) in [7, 11) is -2.76. The molecule has 0 aliphatic carbocycles. The van der Waals surface area contributed by atoms with Crippen LogP contribution >= 0.6 is 0 Å². The molecule has 3 aromatic rings. The minimum Gasteiger partial charge on any atom is -0.497 e. The quantitative estimate of drug-likeness (QED) is 0.511. The highest BCUT2D eigenvalue weighted by Crippen LogP contribution is 2.26. The Bertz CT molecular complexity index is 1070. The smallest absolute Gasteiger partial charge is 0.344 e. The maximum Gasteiger partial charge on any atom is 0.344 e. The van der Waals surface area contributed by atoms with Gasteiger partial charge < -0.3 is 13.3 Å². The van der Waals surface area contributed by atoms with Crippen molar-refractivity contribution in [3.05, 3.63) is 59.0 Å². The Kier molecular flexibility index (Phi) is 4.45. The fourth-order valence-corrected chi connectivity index (χ4v) is 2.73. The van der Waals surface area contributed by atoms with Gasteiger partial charge in [-0.05, 0) is 35.9 Å². The Morgan fingerprint density at radius 2 is 1.72 bits per heavy atom. The Balaban J connectivity index is 2.03. The standard InChI is InChI=1S/C17H13FO6S/c1-22-13-5-2-11(3-6-13)15-8-12-4-7-14(24-25(20,21)10-18)9-16(12)23-17(15)19/h2-9H,10H2,1H3. The van der Waals surface area contributed by atoms with E-state index in [2.05, 4.69) is 4.18 Å². The highest BCUT2D eigenvalue weighted by atomic mass is 32.2. The summed E-state index contributed by atoms with van der Waals surface area (Å²) in [6.07, 6.45) is 0. The van der Waals surface area contributed by atoms with E-state index in [0.29, 0.717) is 22.3 Å². The van der Waals surface area contributed by atoms with Gasteiger partial charge in [-0.1, -0.05) is 12.1 Å². The van der Waals surface area contributed by atoms with Crippen molar-refractivity contribution < 1.29 is 26.1 Å². The summed E-state index contributed by atoms with van der Waals surface area (Å²) in [5.41, 5.74) is 0.536. The predicted octanol–water partition coefficient (Wildman–Crippen LogP) is 3.10. The first-order valence-electron chi connectivity index (χ1n) is 7.12. The summed E-state index contributed by atoms with van der Waals surface area (Å²) in [5, 5.41) is 0.565. The van der Waals surface area contributed by atoms with Crippen LogP contribution in [0.2, 0.25) is 0 Å². The molecule has 25 heavy (non-hydrogen) atoms. The fourth-order valence-electron chi connectivity index (χ4n) is 2.28. The van der Waals surface area contributed by atoms with Crippen molar-refractivity contribution >= 4 is 21.1 Å². The maximum atomic E-state index is 12.3. The average Bonchev–Trinajstić information content (AvgIpc) is 2.61. The van der Waals surface area contributed by atoms with E-state index in [1.54, 1.807) is 37.4 Å². The van der Waals surface area contributed by atoms with Gasteiger partial charge in [-0.2, -0.15) is 8.42 Å². The minimum atomic E-state index is -4.31. The molecule has 2 aromatic carbocycles. The van der Waals surface area contributed by atoms with Crippen LogP contribution in [0.25, 0.3) is 22.1 Å². The van der Waals surface area contributed by atoms with E-state index in [1.165, 1.54) is 18.2 Å². The lowest BCUT2D eigenvalue weighted by Gasteiger charge is -2.06. The molecule has 0 spiro atoms. The zero-order valence-corrected chi connectivity index (χ0v) is 13.9. The van der Waals surface area contributed by atoms with Crippen LogP contribution in [0.5, 0.6) is 11.5 Å². The second kappa shape index (κ2) is 6.56. The van der Waals surface area contributed by atoms with Crippen molar-refractivity contribution in [1.29, 1.82) is 0 Å². The molecule has 0 aliphatic rings. The molecule has 0 atom stereocenters. The number of fused-ring (bicyclic) bond motifs is 1. The van der Waals surface area contributed by atoms with Crippen LogP contribution in [0.1, 0.15) is 0 Å². The first-order chi connectivity index (χ1) is 11.9. The largest absolute Gasteiger partial charge is 0.497 e. The molecule has 3 rings (SSSR count). The van der Waals surface area contributed by atoms with Crippen LogP contribution in [0.3, 0.4) is 0 Å². The Hall–Kier alpha value is -2.87. The number of hydrogen-bond acceptors (Lipinski definition) is 6. The van der Waals surface area contributed by atoms with Gasteiger partial charge in [-0.25, -0.2) is 9.18 Å². The van der Waals surface area contributed by atoms with E-state index in [9.17, 15) is 17.6 Å². The van der Waals surface area contributed by atoms with Crippen LogP contribution in [0, 0.1) is 0 Å². The zero-order valence-electron chi connectivity index (χ0n) is 13.1. The second-order valence-corrected chi connectivity index (χ2v) is 6.63. The molecule has 0 amide bonds. The van der Waals surface area contributed by atoms with Gasteiger partial charge in [0.15, 0.2) is 0 Å². The third-order valence-electron chi connectivity index (χ3n) is 3.47. The van der Waals surface area contributed by atoms with Gasteiger partial charge in [0.1, 0.15) is 17.1 Å².